The number of benzene rings is 1. The highest BCUT2D eigenvalue weighted by atomic mass is 35.5. The fourth-order valence-electron chi connectivity index (χ4n) is 1.58. The summed E-state index contributed by atoms with van der Waals surface area (Å²) in [6.45, 7) is 3.59. The molecule has 1 aromatic rings. The third-order valence-electron chi connectivity index (χ3n) is 2.74. The number of rotatable bonds is 7. The molecule has 108 valence electrons. The molecule has 0 saturated carbocycles. The molecule has 0 spiro atoms. The summed E-state index contributed by atoms with van der Waals surface area (Å²) >= 11 is 1.73. The van der Waals surface area contributed by atoms with Gasteiger partial charge in [0.05, 0.1) is 0 Å². The van der Waals surface area contributed by atoms with Gasteiger partial charge >= 0.3 is 0 Å². The maximum atomic E-state index is 12.1. The van der Waals surface area contributed by atoms with Gasteiger partial charge in [-0.05, 0) is 19.2 Å². The number of hydrogen-bond acceptors (Lipinski definition) is 3. The molecule has 1 atom stereocenters. The Balaban J connectivity index is 0.00000324. The second kappa shape index (κ2) is 10.1. The lowest BCUT2D eigenvalue weighted by Crippen LogP contribution is -2.36. The average molecular weight is 303 g/mol. The normalized spacial score (nSPS) is 11.5. The smallest absolute Gasteiger partial charge is 0.226 e. The van der Waals surface area contributed by atoms with Crippen LogP contribution in [0.1, 0.15) is 6.92 Å². The number of nitrogens with one attached hydrogen (secondary N) is 1. The van der Waals surface area contributed by atoms with Gasteiger partial charge in [-0.25, -0.2) is 0 Å². The van der Waals surface area contributed by atoms with Gasteiger partial charge in [0.1, 0.15) is 0 Å². The fourth-order valence-corrected chi connectivity index (χ4v) is 2.51. The molecular weight excluding hydrogens is 280 g/mol. The zero-order chi connectivity index (χ0) is 13.4. The fraction of sp³-hybridized carbons (Fsp3) is 0.500. The molecule has 1 N–H and O–H groups in total. The molecule has 1 amide bonds. The van der Waals surface area contributed by atoms with Crippen molar-refractivity contribution in [1.82, 2.24) is 10.2 Å². The number of likely N-dealkylation sites (N-methyl/N-ethyl adjacent to an activating group) is 2. The minimum atomic E-state index is 0. The third kappa shape index (κ3) is 6.85. The number of carbonyl (C=O) groups is 1. The van der Waals surface area contributed by atoms with Crippen LogP contribution in [0, 0.1) is 5.92 Å². The first-order chi connectivity index (χ1) is 8.65. The van der Waals surface area contributed by atoms with E-state index in [-0.39, 0.29) is 24.2 Å². The van der Waals surface area contributed by atoms with E-state index in [1.165, 1.54) is 4.90 Å². The van der Waals surface area contributed by atoms with Crippen LogP contribution in [0.4, 0.5) is 0 Å². The lowest BCUT2D eigenvalue weighted by atomic mass is 10.2. The topological polar surface area (TPSA) is 32.3 Å². The summed E-state index contributed by atoms with van der Waals surface area (Å²) in [6, 6.07) is 10.2. The molecule has 0 aliphatic rings. The van der Waals surface area contributed by atoms with Gasteiger partial charge in [0, 0.05) is 36.7 Å². The molecule has 0 aliphatic heterocycles. The van der Waals surface area contributed by atoms with E-state index in [2.05, 4.69) is 17.4 Å². The van der Waals surface area contributed by atoms with E-state index in [4.69, 9.17) is 0 Å². The predicted molar refractivity (Wildman–Crippen MR) is 85.1 cm³/mol. The maximum absolute atomic E-state index is 12.1. The molecule has 0 saturated heterocycles. The van der Waals surface area contributed by atoms with E-state index < -0.39 is 0 Å². The van der Waals surface area contributed by atoms with Crippen LogP contribution in [0.5, 0.6) is 0 Å². The van der Waals surface area contributed by atoms with Crippen molar-refractivity contribution in [1.29, 1.82) is 0 Å². The molecule has 1 rings (SSSR count). The second-order valence-electron chi connectivity index (χ2n) is 4.39. The van der Waals surface area contributed by atoms with Crippen molar-refractivity contribution in [3.05, 3.63) is 30.3 Å². The minimum absolute atomic E-state index is 0. The van der Waals surface area contributed by atoms with E-state index in [0.29, 0.717) is 0 Å². The van der Waals surface area contributed by atoms with Crippen molar-refractivity contribution in [2.45, 2.75) is 11.8 Å². The van der Waals surface area contributed by atoms with Crippen LogP contribution in [0.3, 0.4) is 0 Å². The molecule has 19 heavy (non-hydrogen) atoms. The lowest BCUT2D eigenvalue weighted by molar-refractivity contribution is -0.132. The highest BCUT2D eigenvalue weighted by molar-refractivity contribution is 7.99. The Labute approximate surface area is 126 Å². The molecule has 0 bridgehead atoms. The van der Waals surface area contributed by atoms with Crippen molar-refractivity contribution in [2.24, 2.45) is 5.92 Å². The Morgan fingerprint density at radius 1 is 1.37 bits per heavy atom. The summed E-state index contributed by atoms with van der Waals surface area (Å²) in [5.74, 6) is 1.10. The molecule has 0 radical (unpaired) electrons. The van der Waals surface area contributed by atoms with Gasteiger partial charge in [-0.15, -0.1) is 24.2 Å². The van der Waals surface area contributed by atoms with Gasteiger partial charge < -0.3 is 10.2 Å². The van der Waals surface area contributed by atoms with Gasteiger partial charge in [0.25, 0.3) is 0 Å². The quantitative estimate of drug-likeness (QED) is 0.786. The van der Waals surface area contributed by atoms with Crippen LogP contribution >= 0.6 is 24.2 Å². The zero-order valence-corrected chi connectivity index (χ0v) is 13.4. The number of halogens is 1. The first-order valence-corrected chi connectivity index (χ1v) is 7.21. The van der Waals surface area contributed by atoms with Crippen LogP contribution in [0.2, 0.25) is 0 Å². The number of amides is 1. The van der Waals surface area contributed by atoms with Gasteiger partial charge in [0.15, 0.2) is 0 Å². The van der Waals surface area contributed by atoms with Crippen LogP contribution < -0.4 is 5.32 Å². The Hall–Kier alpha value is -0.710. The van der Waals surface area contributed by atoms with E-state index in [1.807, 2.05) is 39.2 Å². The minimum Gasteiger partial charge on any atom is -0.344 e. The van der Waals surface area contributed by atoms with Crippen molar-refractivity contribution in [3.8, 4) is 0 Å². The number of nitrogens with zero attached hydrogens (tertiary/aromatic N) is 1. The Bertz CT molecular complexity index is 362. The van der Waals surface area contributed by atoms with E-state index in [1.54, 1.807) is 16.7 Å². The summed E-state index contributed by atoms with van der Waals surface area (Å²) in [5.41, 5.74) is 0. The van der Waals surface area contributed by atoms with E-state index >= 15 is 0 Å². The van der Waals surface area contributed by atoms with Crippen molar-refractivity contribution in [3.63, 3.8) is 0 Å². The third-order valence-corrected chi connectivity index (χ3v) is 4.01. The Morgan fingerprint density at radius 3 is 2.58 bits per heavy atom. The molecule has 0 aliphatic carbocycles. The molecule has 1 unspecified atom stereocenters. The number of thioether (sulfide) groups is 1. The first-order valence-electron chi connectivity index (χ1n) is 6.22. The first kappa shape index (κ1) is 18.3. The van der Waals surface area contributed by atoms with Crippen molar-refractivity contribution >= 4 is 30.1 Å². The molecule has 0 aromatic heterocycles. The molecule has 0 heterocycles. The molecule has 0 fully saturated rings. The number of hydrogen-bond donors (Lipinski definition) is 1. The average Bonchev–Trinajstić information content (AvgIpc) is 2.42. The molecular formula is C14H23ClN2OS. The van der Waals surface area contributed by atoms with E-state index in [9.17, 15) is 4.79 Å². The maximum Gasteiger partial charge on any atom is 0.226 e. The van der Waals surface area contributed by atoms with Crippen LogP contribution in [0.15, 0.2) is 35.2 Å². The summed E-state index contributed by atoms with van der Waals surface area (Å²) in [6.07, 6.45) is 0. The van der Waals surface area contributed by atoms with Gasteiger partial charge in [0.2, 0.25) is 5.91 Å². The van der Waals surface area contributed by atoms with Gasteiger partial charge in [-0.2, -0.15) is 0 Å². The van der Waals surface area contributed by atoms with Crippen LogP contribution in [-0.4, -0.2) is 43.7 Å². The predicted octanol–water partition coefficient (Wildman–Crippen LogP) is 2.51. The van der Waals surface area contributed by atoms with Crippen LogP contribution in [-0.2, 0) is 4.79 Å². The zero-order valence-electron chi connectivity index (χ0n) is 11.8. The SMILES string of the molecule is CNCCN(C)C(=O)C(C)CSc1ccccc1.Cl. The van der Waals surface area contributed by atoms with Gasteiger partial charge in [-0.1, -0.05) is 25.1 Å². The Morgan fingerprint density at radius 2 is 2.00 bits per heavy atom. The largest absolute Gasteiger partial charge is 0.344 e. The summed E-state index contributed by atoms with van der Waals surface area (Å²) in [4.78, 5) is 15.1. The second-order valence-corrected chi connectivity index (χ2v) is 5.48. The van der Waals surface area contributed by atoms with Crippen molar-refractivity contribution < 1.29 is 4.79 Å². The standard InChI is InChI=1S/C14H22N2OS.ClH/c1-12(14(17)16(3)10-9-15-2)11-18-13-7-5-4-6-8-13;/h4-8,12,15H,9-11H2,1-3H3;1H. The lowest BCUT2D eigenvalue weighted by Gasteiger charge is -2.21. The number of carbonyl (C=O) groups excluding carboxylic acids is 1. The highest BCUT2D eigenvalue weighted by Crippen LogP contribution is 2.20. The molecule has 3 nitrogen and oxygen atoms in total. The van der Waals surface area contributed by atoms with E-state index in [0.717, 1.165) is 18.8 Å². The molecule has 1 aromatic carbocycles. The summed E-state index contributed by atoms with van der Waals surface area (Å²) in [7, 11) is 3.76. The van der Waals surface area contributed by atoms with Crippen molar-refractivity contribution in [2.75, 3.05) is 32.9 Å². The van der Waals surface area contributed by atoms with Gasteiger partial charge in [-0.3, -0.25) is 4.79 Å². The van der Waals surface area contributed by atoms with Crippen LogP contribution in [0.25, 0.3) is 0 Å². The molecule has 5 heteroatoms. The monoisotopic (exact) mass is 302 g/mol. The Kier molecular flexibility index (Phi) is 9.74. The highest BCUT2D eigenvalue weighted by Gasteiger charge is 2.17. The summed E-state index contributed by atoms with van der Waals surface area (Å²) in [5, 5.41) is 3.05. The summed E-state index contributed by atoms with van der Waals surface area (Å²) < 4.78 is 0.